The van der Waals surface area contributed by atoms with Gasteiger partial charge in [0.1, 0.15) is 5.69 Å². The van der Waals surface area contributed by atoms with Crippen molar-refractivity contribution in [3.8, 4) is 11.5 Å². The lowest BCUT2D eigenvalue weighted by atomic mass is 10.3. The number of aromatic nitrogens is 5. The fourth-order valence-electron chi connectivity index (χ4n) is 0.938. The maximum absolute atomic E-state index is 4.23. The fourth-order valence-corrected chi connectivity index (χ4v) is 0.938. The van der Waals surface area contributed by atoms with E-state index in [9.17, 15) is 0 Å². The van der Waals surface area contributed by atoms with E-state index < -0.39 is 0 Å². The van der Waals surface area contributed by atoms with Gasteiger partial charge in [-0.2, -0.15) is 5.21 Å². The van der Waals surface area contributed by atoms with Crippen molar-refractivity contribution in [1.82, 2.24) is 25.6 Å². The number of nitrogens with zero attached hydrogens (tertiary/aromatic N) is 4. The van der Waals surface area contributed by atoms with Gasteiger partial charge in [0.05, 0.1) is 0 Å². The molecule has 0 aliphatic rings. The average Bonchev–Trinajstić information content (AvgIpc) is 2.56. The van der Waals surface area contributed by atoms with Crippen LogP contribution in [0.25, 0.3) is 11.5 Å². The molecule has 5 nitrogen and oxygen atoms in total. The van der Waals surface area contributed by atoms with Crippen molar-refractivity contribution in [3.63, 3.8) is 0 Å². The van der Waals surface area contributed by atoms with E-state index in [1.165, 1.54) is 0 Å². The molecular weight excluding hydrogens is 154 g/mol. The molecule has 2 rings (SSSR count). The predicted molar refractivity (Wildman–Crippen MR) is 42.1 cm³/mol. The Labute approximate surface area is 68.8 Å². The Hall–Kier alpha value is -1.78. The number of nitrogens with one attached hydrogen (secondary N) is 1. The second-order valence-corrected chi connectivity index (χ2v) is 2.40. The maximum atomic E-state index is 4.23. The Morgan fingerprint density at radius 2 is 2.25 bits per heavy atom. The number of hydrogen-bond acceptors (Lipinski definition) is 4. The van der Waals surface area contributed by atoms with E-state index in [2.05, 4.69) is 25.6 Å². The molecule has 0 bridgehead atoms. The van der Waals surface area contributed by atoms with Crippen molar-refractivity contribution in [3.05, 3.63) is 23.9 Å². The molecule has 0 saturated heterocycles. The topological polar surface area (TPSA) is 67.3 Å². The second-order valence-electron chi connectivity index (χ2n) is 2.40. The highest BCUT2D eigenvalue weighted by Gasteiger charge is 2.02. The highest BCUT2D eigenvalue weighted by atomic mass is 15.5. The summed E-state index contributed by atoms with van der Waals surface area (Å²) in [6, 6.07) is 5.68. The number of H-pyrrole nitrogens is 1. The van der Waals surface area contributed by atoms with E-state index in [0.717, 1.165) is 11.4 Å². The van der Waals surface area contributed by atoms with E-state index in [-0.39, 0.29) is 0 Å². The maximum Gasteiger partial charge on any atom is 0.222 e. The molecule has 0 amide bonds. The Bertz CT molecular complexity index is 367. The summed E-state index contributed by atoms with van der Waals surface area (Å²) < 4.78 is 0. The Morgan fingerprint density at radius 1 is 1.33 bits per heavy atom. The number of tetrazole rings is 1. The molecule has 0 aliphatic carbocycles. The van der Waals surface area contributed by atoms with E-state index >= 15 is 0 Å². The number of aryl methyl sites for hydroxylation is 1. The van der Waals surface area contributed by atoms with Gasteiger partial charge in [-0.1, -0.05) is 6.07 Å². The zero-order valence-electron chi connectivity index (χ0n) is 6.52. The molecule has 2 aromatic rings. The van der Waals surface area contributed by atoms with E-state index in [4.69, 9.17) is 0 Å². The Morgan fingerprint density at radius 3 is 2.92 bits per heavy atom. The molecule has 0 fully saturated rings. The summed E-state index contributed by atoms with van der Waals surface area (Å²) in [4.78, 5) is 4.23. The predicted octanol–water partition coefficient (Wildman–Crippen LogP) is 0.570. The van der Waals surface area contributed by atoms with Gasteiger partial charge in [0.2, 0.25) is 5.82 Å². The van der Waals surface area contributed by atoms with Crippen LogP contribution in [0.3, 0.4) is 0 Å². The van der Waals surface area contributed by atoms with Crippen LogP contribution in [0.1, 0.15) is 5.69 Å². The van der Waals surface area contributed by atoms with Crippen molar-refractivity contribution < 1.29 is 0 Å². The first-order valence-electron chi connectivity index (χ1n) is 3.54. The van der Waals surface area contributed by atoms with Crippen molar-refractivity contribution in [2.24, 2.45) is 0 Å². The van der Waals surface area contributed by atoms with E-state index in [1.54, 1.807) is 0 Å². The largest absolute Gasteiger partial charge is 0.250 e. The molecule has 0 saturated carbocycles. The summed E-state index contributed by atoms with van der Waals surface area (Å²) in [5, 5.41) is 13.5. The van der Waals surface area contributed by atoms with E-state index in [1.807, 2.05) is 25.1 Å². The zero-order chi connectivity index (χ0) is 8.39. The quantitative estimate of drug-likeness (QED) is 0.663. The minimum absolute atomic E-state index is 0.527. The van der Waals surface area contributed by atoms with Crippen molar-refractivity contribution in [1.29, 1.82) is 0 Å². The molecule has 2 aromatic heterocycles. The van der Waals surface area contributed by atoms with Crippen LogP contribution in [-0.2, 0) is 0 Å². The molecule has 12 heavy (non-hydrogen) atoms. The molecule has 0 spiro atoms. The van der Waals surface area contributed by atoms with Gasteiger partial charge >= 0.3 is 0 Å². The third-order valence-corrected chi connectivity index (χ3v) is 1.46. The van der Waals surface area contributed by atoms with Crippen LogP contribution in [0.15, 0.2) is 18.2 Å². The molecule has 1 N–H and O–H groups in total. The van der Waals surface area contributed by atoms with Crippen LogP contribution in [0.5, 0.6) is 0 Å². The average molecular weight is 161 g/mol. The molecule has 60 valence electrons. The minimum atomic E-state index is 0.527. The molecule has 0 radical (unpaired) electrons. The SMILES string of the molecule is Cc1cccc(-c2nn[nH]n2)n1. The number of pyridine rings is 1. The van der Waals surface area contributed by atoms with Crippen LogP contribution >= 0.6 is 0 Å². The molecule has 0 unspecified atom stereocenters. The molecule has 0 atom stereocenters. The third kappa shape index (κ3) is 1.16. The van der Waals surface area contributed by atoms with Gasteiger partial charge in [-0.15, -0.1) is 10.2 Å². The van der Waals surface area contributed by atoms with Gasteiger partial charge in [0.25, 0.3) is 0 Å². The second kappa shape index (κ2) is 2.69. The van der Waals surface area contributed by atoms with Gasteiger partial charge in [0, 0.05) is 5.69 Å². The smallest absolute Gasteiger partial charge is 0.222 e. The first-order chi connectivity index (χ1) is 5.86. The Balaban J connectivity index is 2.48. The van der Waals surface area contributed by atoms with Crippen molar-refractivity contribution in [2.45, 2.75) is 6.92 Å². The normalized spacial score (nSPS) is 10.1. The lowest BCUT2D eigenvalue weighted by Crippen LogP contribution is -1.87. The minimum Gasteiger partial charge on any atom is -0.250 e. The van der Waals surface area contributed by atoms with Gasteiger partial charge in [-0.25, -0.2) is 4.98 Å². The van der Waals surface area contributed by atoms with E-state index in [0.29, 0.717) is 5.82 Å². The van der Waals surface area contributed by atoms with Gasteiger partial charge in [-0.3, -0.25) is 0 Å². The lowest BCUT2D eigenvalue weighted by molar-refractivity contribution is 0.881. The molecule has 0 aromatic carbocycles. The van der Waals surface area contributed by atoms with Gasteiger partial charge in [-0.05, 0) is 24.3 Å². The highest BCUT2D eigenvalue weighted by molar-refractivity contribution is 5.47. The number of hydrogen-bond donors (Lipinski definition) is 1. The molecule has 2 heterocycles. The lowest BCUT2D eigenvalue weighted by Gasteiger charge is -1.93. The first-order valence-corrected chi connectivity index (χ1v) is 3.54. The van der Waals surface area contributed by atoms with Crippen LogP contribution in [0.2, 0.25) is 0 Å². The summed E-state index contributed by atoms with van der Waals surface area (Å²) in [6.45, 7) is 1.92. The number of rotatable bonds is 1. The molecule has 5 heteroatoms. The third-order valence-electron chi connectivity index (χ3n) is 1.46. The standard InChI is InChI=1S/C7H7N5/c1-5-3-2-4-6(8-5)7-9-11-12-10-7/h2-4H,1H3,(H,9,10,11,12). The summed E-state index contributed by atoms with van der Waals surface area (Å²) in [5.41, 5.74) is 1.68. The monoisotopic (exact) mass is 161 g/mol. The number of aromatic amines is 1. The first kappa shape index (κ1) is 6.90. The summed E-state index contributed by atoms with van der Waals surface area (Å²) in [6.07, 6.45) is 0. The molecular formula is C7H7N5. The van der Waals surface area contributed by atoms with Crippen LogP contribution in [0.4, 0.5) is 0 Å². The fraction of sp³-hybridized carbons (Fsp3) is 0.143. The summed E-state index contributed by atoms with van der Waals surface area (Å²) in [5.74, 6) is 0.527. The van der Waals surface area contributed by atoms with Gasteiger partial charge < -0.3 is 0 Å². The van der Waals surface area contributed by atoms with Crippen LogP contribution < -0.4 is 0 Å². The zero-order valence-corrected chi connectivity index (χ0v) is 6.52. The van der Waals surface area contributed by atoms with Crippen molar-refractivity contribution in [2.75, 3.05) is 0 Å². The van der Waals surface area contributed by atoms with Crippen LogP contribution in [-0.4, -0.2) is 25.6 Å². The highest BCUT2D eigenvalue weighted by Crippen LogP contribution is 2.08. The Kier molecular flexibility index (Phi) is 1.55. The summed E-state index contributed by atoms with van der Waals surface area (Å²) in [7, 11) is 0. The van der Waals surface area contributed by atoms with Crippen molar-refractivity contribution >= 4 is 0 Å². The van der Waals surface area contributed by atoms with Gasteiger partial charge in [0.15, 0.2) is 0 Å². The van der Waals surface area contributed by atoms with Crippen LogP contribution in [0, 0.1) is 6.92 Å². The summed E-state index contributed by atoms with van der Waals surface area (Å²) >= 11 is 0. The molecule has 0 aliphatic heterocycles.